The minimum Gasteiger partial charge on any atom is -0.382 e. The van der Waals surface area contributed by atoms with Gasteiger partial charge in [-0.1, -0.05) is 47.0 Å². The van der Waals surface area contributed by atoms with Gasteiger partial charge < -0.3 is 21.7 Å². The first-order valence-electron chi connectivity index (χ1n) is 20.4. The molecule has 0 unspecified atom stereocenters. The molecule has 0 amide bonds. The molecule has 1 aliphatic carbocycles. The van der Waals surface area contributed by atoms with Crippen LogP contribution in [0.3, 0.4) is 0 Å². The largest absolute Gasteiger partial charge is 0.382 e. The Morgan fingerprint density at radius 1 is 0.600 bits per heavy atom. The van der Waals surface area contributed by atoms with Crippen molar-refractivity contribution in [3.63, 3.8) is 0 Å². The van der Waals surface area contributed by atoms with Crippen LogP contribution in [0.1, 0.15) is 82.8 Å². The Morgan fingerprint density at radius 3 is 1.63 bits per heavy atom. The highest BCUT2D eigenvalue weighted by atomic mass is 15.3. The fourth-order valence-electron chi connectivity index (χ4n) is 7.20. The summed E-state index contributed by atoms with van der Waals surface area (Å²) in [5.41, 5.74) is 15.2. The molecule has 16 heteroatoms. The number of nitrogens with one attached hydrogen (secondary N) is 3. The number of fused-ring (bicyclic) bond motifs is 2. The van der Waals surface area contributed by atoms with Gasteiger partial charge in [0, 0.05) is 67.2 Å². The van der Waals surface area contributed by atoms with Crippen LogP contribution in [0.25, 0.3) is 44.3 Å². The molecule has 0 bridgehead atoms. The maximum Gasteiger partial charge on any atom is 0.156 e. The Labute approximate surface area is 348 Å². The van der Waals surface area contributed by atoms with Crippen molar-refractivity contribution in [2.75, 3.05) is 21.7 Å². The van der Waals surface area contributed by atoms with Gasteiger partial charge in [0.2, 0.25) is 0 Å². The highest BCUT2D eigenvalue weighted by Gasteiger charge is 2.18. The molecule has 0 atom stereocenters. The molecule has 8 aromatic rings. The van der Waals surface area contributed by atoms with Crippen molar-refractivity contribution in [2.24, 2.45) is 14.1 Å². The molecule has 60 heavy (non-hydrogen) atoms. The summed E-state index contributed by atoms with van der Waals surface area (Å²) in [5.74, 6) is 4.88. The van der Waals surface area contributed by atoms with Gasteiger partial charge in [-0.15, -0.1) is 10.2 Å². The average Bonchev–Trinajstić information content (AvgIpc) is 3.79. The summed E-state index contributed by atoms with van der Waals surface area (Å²) in [6, 6.07) is 16.2. The monoisotopic (exact) mass is 802 g/mol. The quantitative estimate of drug-likeness (QED) is 0.102. The molecule has 8 aromatic heterocycles. The van der Waals surface area contributed by atoms with Gasteiger partial charge in [-0.25, -0.2) is 9.97 Å². The van der Waals surface area contributed by atoms with Crippen LogP contribution < -0.4 is 21.7 Å². The van der Waals surface area contributed by atoms with Crippen LogP contribution in [0.4, 0.5) is 34.9 Å². The molecule has 16 nitrogen and oxygen atoms in total. The smallest absolute Gasteiger partial charge is 0.156 e. The van der Waals surface area contributed by atoms with Crippen LogP contribution in [-0.4, -0.2) is 65.9 Å². The van der Waals surface area contributed by atoms with Gasteiger partial charge in [0.15, 0.2) is 23.3 Å². The van der Waals surface area contributed by atoms with Gasteiger partial charge in [0.05, 0.1) is 34.5 Å². The predicted molar refractivity (Wildman–Crippen MR) is 237 cm³/mol. The normalized spacial score (nSPS) is 13.1. The number of nitrogens with zero attached hydrogens (tertiary/aromatic N) is 12. The predicted octanol–water partition coefficient (Wildman–Crippen LogP) is 8.70. The highest BCUT2D eigenvalue weighted by Crippen LogP contribution is 2.32. The van der Waals surface area contributed by atoms with Gasteiger partial charge >= 0.3 is 0 Å². The first-order chi connectivity index (χ1) is 29.0. The number of nitrogen functional groups attached to an aromatic ring is 1. The molecule has 9 rings (SSSR count). The molecule has 0 spiro atoms. The van der Waals surface area contributed by atoms with E-state index in [9.17, 15) is 0 Å². The lowest BCUT2D eigenvalue weighted by Crippen LogP contribution is -2.22. The van der Waals surface area contributed by atoms with Crippen LogP contribution in [0, 0.1) is 0 Å². The Balaban J connectivity index is 0.000000170. The fraction of sp³-hybridized carbons (Fsp3) is 0.318. The minimum absolute atomic E-state index is 0.377. The van der Waals surface area contributed by atoms with Crippen LogP contribution >= 0.6 is 0 Å². The first-order valence-corrected chi connectivity index (χ1v) is 20.4. The van der Waals surface area contributed by atoms with E-state index in [1.54, 1.807) is 23.3 Å². The molecule has 1 aliphatic rings. The second kappa shape index (κ2) is 17.4. The summed E-state index contributed by atoms with van der Waals surface area (Å²) in [7, 11) is 3.79. The van der Waals surface area contributed by atoms with E-state index in [1.807, 2.05) is 79.8 Å². The van der Waals surface area contributed by atoms with Gasteiger partial charge in [-0.3, -0.25) is 19.3 Å². The molecule has 0 aromatic carbocycles. The van der Waals surface area contributed by atoms with Crippen LogP contribution in [0.15, 0.2) is 85.7 Å². The lowest BCUT2D eigenvalue weighted by molar-refractivity contribution is 0.461. The van der Waals surface area contributed by atoms with E-state index in [-0.39, 0.29) is 0 Å². The highest BCUT2D eigenvalue weighted by molar-refractivity contribution is 5.85. The van der Waals surface area contributed by atoms with Gasteiger partial charge in [-0.05, 0) is 84.3 Å². The molecule has 1 saturated carbocycles. The lowest BCUT2D eigenvalue weighted by Gasteiger charge is -2.23. The zero-order chi connectivity index (χ0) is 41.8. The van der Waals surface area contributed by atoms with E-state index in [2.05, 4.69) is 95.3 Å². The topological polar surface area (TPSA) is 201 Å². The molecule has 1 fully saturated rings. The first kappa shape index (κ1) is 39.7. The number of hydrogen-bond acceptors (Lipinski definition) is 14. The molecular formula is C44H50N16. The van der Waals surface area contributed by atoms with E-state index in [1.165, 1.54) is 32.1 Å². The van der Waals surface area contributed by atoms with Crippen LogP contribution in [0.2, 0.25) is 0 Å². The third-order valence-electron chi connectivity index (χ3n) is 10.5. The second-order valence-corrected chi connectivity index (χ2v) is 15.9. The summed E-state index contributed by atoms with van der Waals surface area (Å²) in [6.45, 7) is 8.51. The SMILES string of the molecule is CC(C)c1cnnc(Nc2ccc3ncc(-c4cn(C)nc4N)cc3n2)c1.CC(C)c1cnnc(Nc2ccc3ncc(-c4cn(C)nc4NC4CCCCC4)cc3n2)c1. The summed E-state index contributed by atoms with van der Waals surface area (Å²) in [4.78, 5) is 18.6. The van der Waals surface area contributed by atoms with E-state index in [0.29, 0.717) is 47.0 Å². The average molecular weight is 803 g/mol. The maximum atomic E-state index is 5.98. The molecule has 5 N–H and O–H groups in total. The summed E-state index contributed by atoms with van der Waals surface area (Å²) in [6.07, 6.45) is 17.5. The van der Waals surface area contributed by atoms with Crippen molar-refractivity contribution in [1.82, 2.24) is 59.9 Å². The van der Waals surface area contributed by atoms with E-state index >= 15 is 0 Å². The number of hydrogen-bond donors (Lipinski definition) is 4. The molecule has 0 saturated heterocycles. The molecule has 0 radical (unpaired) electrons. The standard InChI is InChI=1S/C25H30N8.C19H20N8/c1-16(2)17-12-24(31-27-14-17)30-23-10-9-21-22(29-23)11-18(13-26-21)20-15-33(3)32-25(20)28-19-7-5-4-6-8-19;1-11(2)12-7-18(25-22-9-12)24-17-5-4-15-16(23-17)6-13(8-21-15)14-10-27(3)26-19(14)20/h9-16,19H,4-8H2,1-3H3,(H,28,32)(H,29,30,31);4-11H,1-3H3,(H2,20,26)(H,23,24,25). The molecular weight excluding hydrogens is 753 g/mol. The number of nitrogens with two attached hydrogens (primary N) is 1. The number of pyridine rings is 4. The molecule has 0 aliphatic heterocycles. The number of aromatic nitrogens is 12. The number of aryl methyl sites for hydroxylation is 2. The number of anilines is 6. The third-order valence-corrected chi connectivity index (χ3v) is 10.5. The zero-order valence-corrected chi connectivity index (χ0v) is 34.8. The Morgan fingerprint density at radius 2 is 1.12 bits per heavy atom. The summed E-state index contributed by atoms with van der Waals surface area (Å²) < 4.78 is 3.54. The van der Waals surface area contributed by atoms with Crippen molar-refractivity contribution in [3.05, 3.63) is 96.8 Å². The third kappa shape index (κ3) is 9.27. The maximum absolute atomic E-state index is 5.98. The van der Waals surface area contributed by atoms with Crippen molar-refractivity contribution < 1.29 is 0 Å². The van der Waals surface area contributed by atoms with E-state index in [4.69, 9.17) is 10.7 Å². The summed E-state index contributed by atoms with van der Waals surface area (Å²) >= 11 is 0. The lowest BCUT2D eigenvalue weighted by atomic mass is 9.95. The van der Waals surface area contributed by atoms with Crippen LogP contribution in [0.5, 0.6) is 0 Å². The Bertz CT molecular complexity index is 2750. The zero-order valence-electron chi connectivity index (χ0n) is 34.8. The van der Waals surface area contributed by atoms with Crippen molar-refractivity contribution in [1.29, 1.82) is 0 Å². The van der Waals surface area contributed by atoms with Gasteiger partial charge in [0.1, 0.15) is 11.6 Å². The second-order valence-electron chi connectivity index (χ2n) is 15.9. The minimum atomic E-state index is 0.377. The summed E-state index contributed by atoms with van der Waals surface area (Å²) in [5, 5.41) is 35.5. The Kier molecular flexibility index (Phi) is 11.5. The van der Waals surface area contributed by atoms with E-state index < -0.39 is 0 Å². The van der Waals surface area contributed by atoms with Crippen molar-refractivity contribution >= 4 is 57.0 Å². The number of rotatable bonds is 10. The molecule has 8 heterocycles. The van der Waals surface area contributed by atoms with Gasteiger partial charge in [0.25, 0.3) is 0 Å². The van der Waals surface area contributed by atoms with Gasteiger partial charge in [-0.2, -0.15) is 20.4 Å². The van der Waals surface area contributed by atoms with Crippen LogP contribution in [-0.2, 0) is 14.1 Å². The van der Waals surface area contributed by atoms with Crippen molar-refractivity contribution in [2.45, 2.75) is 77.7 Å². The van der Waals surface area contributed by atoms with Crippen molar-refractivity contribution in [3.8, 4) is 22.3 Å². The van der Waals surface area contributed by atoms with E-state index in [0.717, 1.165) is 61.3 Å². The Hall–Kier alpha value is -7.10. The molecule has 306 valence electrons. The fourth-order valence-corrected chi connectivity index (χ4v) is 7.20.